The number of rotatable bonds is 3. The van der Waals surface area contributed by atoms with Gasteiger partial charge in [0.15, 0.2) is 17.3 Å². The first kappa shape index (κ1) is 15.2. The number of carbonyl (C=O) groups excluding carboxylic acids is 3. The van der Waals surface area contributed by atoms with Gasteiger partial charge in [0.2, 0.25) is 0 Å². The Morgan fingerprint density at radius 3 is 2.04 bits per heavy atom. The molecule has 23 heavy (non-hydrogen) atoms. The maximum Gasteiger partial charge on any atom is 0.196 e. The lowest BCUT2D eigenvalue weighted by atomic mass is 9.83. The molecule has 0 aliphatic heterocycles. The van der Waals surface area contributed by atoms with E-state index in [4.69, 9.17) is 0 Å². The van der Waals surface area contributed by atoms with Gasteiger partial charge < -0.3 is 5.32 Å². The number of fused-ring (bicyclic) bond motifs is 2. The minimum absolute atomic E-state index is 0.0508. The lowest BCUT2D eigenvalue weighted by Crippen LogP contribution is -2.39. The average molecular weight is 307 g/mol. The quantitative estimate of drug-likeness (QED) is 0.807. The van der Waals surface area contributed by atoms with E-state index in [1.54, 1.807) is 56.3 Å². The van der Waals surface area contributed by atoms with Gasteiger partial charge in [-0.25, -0.2) is 0 Å². The first-order chi connectivity index (χ1) is 10.8. The van der Waals surface area contributed by atoms with Gasteiger partial charge in [0.05, 0.1) is 11.1 Å². The number of carbonyl (C=O) groups is 3. The van der Waals surface area contributed by atoms with E-state index in [2.05, 4.69) is 5.32 Å². The van der Waals surface area contributed by atoms with Gasteiger partial charge in [0, 0.05) is 22.4 Å². The maximum atomic E-state index is 12.9. The highest BCUT2D eigenvalue weighted by Crippen LogP contribution is 2.33. The SMILES string of the molecule is CC(=O)C(C)(C)Nc1cccc2c1C(=O)c1ccccc1C2=O. The van der Waals surface area contributed by atoms with Crippen molar-refractivity contribution >= 4 is 23.0 Å². The Bertz CT molecular complexity index is 849. The number of anilines is 1. The summed E-state index contributed by atoms with van der Waals surface area (Å²) < 4.78 is 0. The molecule has 0 radical (unpaired) electrons. The fourth-order valence-electron chi connectivity index (χ4n) is 2.67. The monoisotopic (exact) mass is 307 g/mol. The number of benzene rings is 2. The maximum absolute atomic E-state index is 12.9. The van der Waals surface area contributed by atoms with Crippen LogP contribution in [-0.2, 0) is 4.79 Å². The zero-order valence-electron chi connectivity index (χ0n) is 13.3. The summed E-state index contributed by atoms with van der Waals surface area (Å²) in [6.45, 7) is 4.99. The largest absolute Gasteiger partial charge is 0.373 e. The Hall–Kier alpha value is -2.75. The zero-order chi connectivity index (χ0) is 16.8. The molecular weight excluding hydrogens is 290 g/mol. The lowest BCUT2D eigenvalue weighted by Gasteiger charge is -2.28. The Kier molecular flexibility index (Phi) is 3.40. The van der Waals surface area contributed by atoms with Crippen molar-refractivity contribution in [2.24, 2.45) is 0 Å². The molecule has 1 N–H and O–H groups in total. The third kappa shape index (κ3) is 2.36. The summed E-state index contributed by atoms with van der Waals surface area (Å²) in [5, 5.41) is 3.11. The van der Waals surface area contributed by atoms with Crippen LogP contribution in [0.25, 0.3) is 0 Å². The highest BCUT2D eigenvalue weighted by atomic mass is 16.1. The van der Waals surface area contributed by atoms with E-state index in [0.29, 0.717) is 27.9 Å². The van der Waals surface area contributed by atoms with Crippen LogP contribution in [0.15, 0.2) is 42.5 Å². The molecule has 2 aromatic carbocycles. The van der Waals surface area contributed by atoms with Crippen molar-refractivity contribution in [3.8, 4) is 0 Å². The minimum atomic E-state index is -0.824. The summed E-state index contributed by atoms with van der Waals surface area (Å²) in [7, 11) is 0. The van der Waals surface area contributed by atoms with Crippen LogP contribution in [0, 0.1) is 0 Å². The number of Topliss-reactive ketones (excluding diaryl/α,β-unsaturated/α-hetero) is 1. The number of ketones is 3. The van der Waals surface area contributed by atoms with Crippen molar-refractivity contribution in [2.45, 2.75) is 26.3 Å². The van der Waals surface area contributed by atoms with Gasteiger partial charge in [0.1, 0.15) is 0 Å². The fourth-order valence-corrected chi connectivity index (χ4v) is 2.67. The molecule has 4 nitrogen and oxygen atoms in total. The van der Waals surface area contributed by atoms with Crippen LogP contribution >= 0.6 is 0 Å². The van der Waals surface area contributed by atoms with E-state index >= 15 is 0 Å². The van der Waals surface area contributed by atoms with Crippen LogP contribution in [-0.4, -0.2) is 22.9 Å². The van der Waals surface area contributed by atoms with E-state index in [1.807, 2.05) is 0 Å². The summed E-state index contributed by atoms with van der Waals surface area (Å²) in [6.07, 6.45) is 0. The second-order valence-corrected chi connectivity index (χ2v) is 6.24. The topological polar surface area (TPSA) is 63.2 Å². The Labute approximate surface area is 134 Å². The summed E-state index contributed by atoms with van der Waals surface area (Å²) >= 11 is 0. The molecule has 0 saturated heterocycles. The molecule has 0 saturated carbocycles. The van der Waals surface area contributed by atoms with Crippen molar-refractivity contribution < 1.29 is 14.4 Å². The summed E-state index contributed by atoms with van der Waals surface area (Å²) in [6, 6.07) is 11.9. The molecule has 2 aromatic rings. The summed E-state index contributed by atoms with van der Waals surface area (Å²) in [4.78, 5) is 37.3. The zero-order valence-corrected chi connectivity index (χ0v) is 13.3. The molecule has 1 aliphatic rings. The van der Waals surface area contributed by atoms with E-state index in [-0.39, 0.29) is 17.3 Å². The Morgan fingerprint density at radius 1 is 0.870 bits per heavy atom. The van der Waals surface area contributed by atoms with Crippen LogP contribution in [0.4, 0.5) is 5.69 Å². The van der Waals surface area contributed by atoms with E-state index in [1.165, 1.54) is 6.92 Å². The van der Waals surface area contributed by atoms with E-state index in [9.17, 15) is 14.4 Å². The van der Waals surface area contributed by atoms with Crippen LogP contribution in [0.5, 0.6) is 0 Å². The second-order valence-electron chi connectivity index (χ2n) is 6.24. The lowest BCUT2D eigenvalue weighted by molar-refractivity contribution is -0.120. The van der Waals surface area contributed by atoms with E-state index < -0.39 is 5.54 Å². The normalized spacial score (nSPS) is 13.3. The van der Waals surface area contributed by atoms with Gasteiger partial charge in [-0.3, -0.25) is 14.4 Å². The van der Waals surface area contributed by atoms with Gasteiger partial charge >= 0.3 is 0 Å². The highest BCUT2D eigenvalue weighted by Gasteiger charge is 2.33. The number of hydrogen-bond acceptors (Lipinski definition) is 4. The van der Waals surface area contributed by atoms with E-state index in [0.717, 1.165) is 0 Å². The standard InChI is InChI=1S/C19H17NO3/c1-11(21)19(2,3)20-15-10-6-9-14-16(15)18(23)13-8-5-4-7-12(13)17(14)22/h4-10,20H,1-3H3. The van der Waals surface area contributed by atoms with Crippen LogP contribution in [0.2, 0.25) is 0 Å². The molecular formula is C19H17NO3. The van der Waals surface area contributed by atoms with Gasteiger partial charge in [-0.2, -0.15) is 0 Å². The van der Waals surface area contributed by atoms with Gasteiger partial charge in [-0.15, -0.1) is 0 Å². The third-order valence-electron chi connectivity index (χ3n) is 4.28. The van der Waals surface area contributed by atoms with Crippen LogP contribution in [0.1, 0.15) is 52.6 Å². The van der Waals surface area contributed by atoms with Gasteiger partial charge in [0.25, 0.3) is 0 Å². The third-order valence-corrected chi connectivity index (χ3v) is 4.28. The molecule has 4 heteroatoms. The predicted octanol–water partition coefficient (Wildman–Crippen LogP) is 3.24. The molecule has 0 fully saturated rings. The summed E-state index contributed by atoms with van der Waals surface area (Å²) in [5.74, 6) is -0.415. The van der Waals surface area contributed by atoms with Crippen molar-refractivity contribution in [3.63, 3.8) is 0 Å². The molecule has 3 rings (SSSR count). The van der Waals surface area contributed by atoms with Crippen LogP contribution in [0.3, 0.4) is 0 Å². The first-order valence-electron chi connectivity index (χ1n) is 7.43. The Morgan fingerprint density at radius 2 is 1.43 bits per heavy atom. The molecule has 0 heterocycles. The molecule has 0 unspecified atom stereocenters. The summed E-state index contributed by atoms with van der Waals surface area (Å²) in [5.41, 5.74) is 1.22. The second kappa shape index (κ2) is 5.16. The number of hydrogen-bond donors (Lipinski definition) is 1. The first-order valence-corrected chi connectivity index (χ1v) is 7.43. The van der Waals surface area contributed by atoms with Crippen molar-refractivity contribution in [2.75, 3.05) is 5.32 Å². The Balaban J connectivity index is 2.17. The molecule has 0 amide bonds. The number of nitrogens with one attached hydrogen (secondary N) is 1. The molecule has 0 aromatic heterocycles. The van der Waals surface area contributed by atoms with Gasteiger partial charge in [-0.05, 0) is 26.8 Å². The van der Waals surface area contributed by atoms with Gasteiger partial charge in [-0.1, -0.05) is 36.4 Å². The van der Waals surface area contributed by atoms with Crippen molar-refractivity contribution in [1.29, 1.82) is 0 Å². The average Bonchev–Trinajstić information content (AvgIpc) is 2.52. The van der Waals surface area contributed by atoms with Crippen molar-refractivity contribution in [1.82, 2.24) is 0 Å². The molecule has 1 aliphatic carbocycles. The fraction of sp³-hybridized carbons (Fsp3) is 0.211. The highest BCUT2D eigenvalue weighted by molar-refractivity contribution is 6.30. The smallest absolute Gasteiger partial charge is 0.196 e. The predicted molar refractivity (Wildman–Crippen MR) is 88.1 cm³/mol. The molecule has 0 atom stereocenters. The molecule has 0 bridgehead atoms. The molecule has 116 valence electrons. The molecule has 0 spiro atoms. The van der Waals surface area contributed by atoms with Crippen LogP contribution < -0.4 is 5.32 Å². The van der Waals surface area contributed by atoms with Crippen molar-refractivity contribution in [3.05, 3.63) is 64.7 Å². The minimum Gasteiger partial charge on any atom is -0.373 e.